The molecule has 1 atom stereocenters. The highest BCUT2D eigenvalue weighted by Crippen LogP contribution is 2.36. The first-order valence-electron chi connectivity index (χ1n) is 9.94. The molecule has 0 aliphatic carbocycles. The van der Waals surface area contributed by atoms with E-state index >= 15 is 0 Å². The zero-order valence-corrected chi connectivity index (χ0v) is 17.4. The molecule has 0 saturated heterocycles. The smallest absolute Gasteiger partial charge is 0.338 e. The maximum Gasteiger partial charge on any atom is 0.338 e. The van der Waals surface area contributed by atoms with Gasteiger partial charge in [0.05, 0.1) is 37.6 Å². The molecule has 0 fully saturated rings. The second kappa shape index (κ2) is 9.82. The maximum absolute atomic E-state index is 12.7. The number of carbonyl (C=O) groups is 2. The summed E-state index contributed by atoms with van der Waals surface area (Å²) in [5.41, 5.74) is 2.13. The Morgan fingerprint density at radius 2 is 1.80 bits per heavy atom. The molecule has 7 heteroatoms. The van der Waals surface area contributed by atoms with Crippen molar-refractivity contribution in [1.29, 1.82) is 0 Å². The Labute approximate surface area is 176 Å². The lowest BCUT2D eigenvalue weighted by molar-refractivity contribution is -0.136. The van der Waals surface area contributed by atoms with E-state index in [4.69, 9.17) is 14.2 Å². The van der Waals surface area contributed by atoms with Crippen molar-refractivity contribution in [3.05, 3.63) is 65.2 Å². The minimum absolute atomic E-state index is 0.313. The number of esters is 1. The second-order valence-corrected chi connectivity index (χ2v) is 6.67. The molecule has 0 aromatic heterocycles. The van der Waals surface area contributed by atoms with Crippen LogP contribution in [0.25, 0.3) is 5.70 Å². The summed E-state index contributed by atoms with van der Waals surface area (Å²) in [4.78, 5) is 25.2. The minimum Gasteiger partial charge on any atom is -0.490 e. The van der Waals surface area contributed by atoms with Crippen LogP contribution < -0.4 is 20.1 Å². The average molecular weight is 410 g/mol. The van der Waals surface area contributed by atoms with Crippen molar-refractivity contribution in [2.24, 2.45) is 0 Å². The van der Waals surface area contributed by atoms with Gasteiger partial charge in [0.1, 0.15) is 0 Å². The standard InChI is InChI=1S/C23H26N2O5/c1-4-13-30-17-12-11-16(14-18(17)29-5-2)21-19(22(26)28-3)20(24-23(27)25-21)15-9-7-6-8-10-15/h6-12,14,21H,4-5,13H2,1-3H3,(H2,24,25,27). The molecule has 2 amide bonds. The van der Waals surface area contributed by atoms with E-state index in [1.54, 1.807) is 12.1 Å². The van der Waals surface area contributed by atoms with Gasteiger partial charge in [0, 0.05) is 0 Å². The van der Waals surface area contributed by atoms with E-state index in [1.807, 2.05) is 50.2 Å². The topological polar surface area (TPSA) is 85.9 Å². The van der Waals surface area contributed by atoms with Gasteiger partial charge in [-0.3, -0.25) is 0 Å². The van der Waals surface area contributed by atoms with Gasteiger partial charge < -0.3 is 24.8 Å². The number of carbonyl (C=O) groups excluding carboxylic acids is 2. The van der Waals surface area contributed by atoms with Crippen molar-refractivity contribution in [2.75, 3.05) is 20.3 Å². The van der Waals surface area contributed by atoms with E-state index in [2.05, 4.69) is 10.6 Å². The van der Waals surface area contributed by atoms with Crippen molar-refractivity contribution in [2.45, 2.75) is 26.3 Å². The quantitative estimate of drug-likeness (QED) is 0.647. The van der Waals surface area contributed by atoms with E-state index in [0.717, 1.165) is 6.42 Å². The molecule has 2 aromatic carbocycles. The van der Waals surface area contributed by atoms with Crippen molar-refractivity contribution < 1.29 is 23.8 Å². The molecule has 2 N–H and O–H groups in total. The zero-order chi connectivity index (χ0) is 21.5. The molecular formula is C23H26N2O5. The molecule has 3 rings (SSSR count). The number of amides is 2. The molecule has 1 heterocycles. The van der Waals surface area contributed by atoms with Gasteiger partial charge in [0.2, 0.25) is 0 Å². The number of rotatable bonds is 8. The Hall–Kier alpha value is -3.48. The van der Waals surface area contributed by atoms with E-state index in [1.165, 1.54) is 7.11 Å². The first kappa shape index (κ1) is 21.2. The van der Waals surface area contributed by atoms with Crippen LogP contribution in [0.5, 0.6) is 11.5 Å². The predicted molar refractivity (Wildman–Crippen MR) is 113 cm³/mol. The molecule has 30 heavy (non-hydrogen) atoms. The summed E-state index contributed by atoms with van der Waals surface area (Å²) in [6.07, 6.45) is 0.868. The van der Waals surface area contributed by atoms with Crippen molar-refractivity contribution in [1.82, 2.24) is 10.6 Å². The number of benzene rings is 2. The van der Waals surface area contributed by atoms with Crippen LogP contribution in [0.3, 0.4) is 0 Å². The third kappa shape index (κ3) is 4.56. The molecule has 0 radical (unpaired) electrons. The summed E-state index contributed by atoms with van der Waals surface area (Å²) >= 11 is 0. The summed E-state index contributed by atoms with van der Waals surface area (Å²) < 4.78 is 16.5. The number of methoxy groups -OCH3 is 1. The SMILES string of the molecule is CCCOc1ccc(C2NC(=O)NC(c3ccccc3)=C2C(=O)OC)cc1OCC. The van der Waals surface area contributed by atoms with Crippen LogP contribution in [0, 0.1) is 0 Å². The number of urea groups is 1. The number of hydrogen-bond acceptors (Lipinski definition) is 5. The maximum atomic E-state index is 12.7. The number of hydrogen-bond donors (Lipinski definition) is 2. The minimum atomic E-state index is -0.708. The zero-order valence-electron chi connectivity index (χ0n) is 17.4. The van der Waals surface area contributed by atoms with E-state index < -0.39 is 18.0 Å². The normalized spacial score (nSPS) is 15.8. The van der Waals surface area contributed by atoms with Gasteiger partial charge in [-0.1, -0.05) is 43.3 Å². The van der Waals surface area contributed by atoms with Crippen molar-refractivity contribution in [3.8, 4) is 11.5 Å². The largest absolute Gasteiger partial charge is 0.490 e. The van der Waals surface area contributed by atoms with Crippen LogP contribution in [-0.4, -0.2) is 32.3 Å². The molecule has 1 aliphatic rings. The van der Waals surface area contributed by atoms with Crippen LogP contribution >= 0.6 is 0 Å². The van der Waals surface area contributed by atoms with Crippen LogP contribution in [-0.2, 0) is 9.53 Å². The third-order valence-electron chi connectivity index (χ3n) is 4.60. The fraction of sp³-hybridized carbons (Fsp3) is 0.304. The average Bonchev–Trinajstić information content (AvgIpc) is 2.78. The van der Waals surface area contributed by atoms with Gasteiger partial charge in [-0.2, -0.15) is 0 Å². The van der Waals surface area contributed by atoms with Gasteiger partial charge in [-0.25, -0.2) is 9.59 Å². The molecule has 7 nitrogen and oxygen atoms in total. The van der Waals surface area contributed by atoms with Gasteiger partial charge >= 0.3 is 12.0 Å². The summed E-state index contributed by atoms with van der Waals surface area (Å²) in [5, 5.41) is 5.57. The molecule has 0 spiro atoms. The van der Waals surface area contributed by atoms with Crippen molar-refractivity contribution in [3.63, 3.8) is 0 Å². The fourth-order valence-corrected chi connectivity index (χ4v) is 3.28. The number of nitrogens with one attached hydrogen (secondary N) is 2. The Morgan fingerprint density at radius 3 is 2.47 bits per heavy atom. The van der Waals surface area contributed by atoms with Gasteiger partial charge in [0.25, 0.3) is 0 Å². The lowest BCUT2D eigenvalue weighted by Gasteiger charge is -2.29. The monoisotopic (exact) mass is 410 g/mol. The Morgan fingerprint density at radius 1 is 1.03 bits per heavy atom. The highest BCUT2D eigenvalue weighted by molar-refractivity contribution is 6.04. The Bertz CT molecular complexity index is 940. The van der Waals surface area contributed by atoms with E-state index in [0.29, 0.717) is 47.1 Å². The van der Waals surface area contributed by atoms with Gasteiger partial charge in [-0.05, 0) is 36.6 Å². The third-order valence-corrected chi connectivity index (χ3v) is 4.60. The molecule has 0 bridgehead atoms. The molecule has 1 aliphatic heterocycles. The lowest BCUT2D eigenvalue weighted by Crippen LogP contribution is -2.45. The first-order chi connectivity index (χ1) is 14.6. The first-order valence-corrected chi connectivity index (χ1v) is 9.94. The van der Waals surface area contributed by atoms with Crippen LogP contribution in [0.4, 0.5) is 4.79 Å². The van der Waals surface area contributed by atoms with Gasteiger partial charge in [-0.15, -0.1) is 0 Å². The lowest BCUT2D eigenvalue weighted by atomic mass is 9.92. The molecule has 0 saturated carbocycles. The number of ether oxygens (including phenoxy) is 3. The fourth-order valence-electron chi connectivity index (χ4n) is 3.28. The molecular weight excluding hydrogens is 384 g/mol. The van der Waals surface area contributed by atoms with E-state index in [-0.39, 0.29) is 0 Å². The second-order valence-electron chi connectivity index (χ2n) is 6.67. The Kier molecular flexibility index (Phi) is 6.95. The summed E-state index contributed by atoms with van der Waals surface area (Å²) in [5.74, 6) is 0.645. The van der Waals surface area contributed by atoms with Gasteiger partial charge in [0.15, 0.2) is 11.5 Å². The molecule has 2 aromatic rings. The van der Waals surface area contributed by atoms with Crippen LogP contribution in [0.15, 0.2) is 54.1 Å². The van der Waals surface area contributed by atoms with Crippen LogP contribution in [0.1, 0.15) is 37.4 Å². The summed E-state index contributed by atoms with van der Waals surface area (Å²) in [6, 6.07) is 13.5. The summed E-state index contributed by atoms with van der Waals surface area (Å²) in [7, 11) is 1.32. The highest BCUT2D eigenvalue weighted by Gasteiger charge is 2.34. The molecule has 158 valence electrons. The van der Waals surface area contributed by atoms with Crippen molar-refractivity contribution >= 4 is 17.7 Å². The predicted octanol–water partition coefficient (Wildman–Crippen LogP) is 3.81. The van der Waals surface area contributed by atoms with Crippen LogP contribution in [0.2, 0.25) is 0 Å². The summed E-state index contributed by atoms with van der Waals surface area (Å²) in [6.45, 7) is 4.93. The Balaban J connectivity index is 2.11. The molecule has 1 unspecified atom stereocenters. The van der Waals surface area contributed by atoms with E-state index in [9.17, 15) is 9.59 Å². The highest BCUT2D eigenvalue weighted by atomic mass is 16.5.